The Morgan fingerprint density at radius 1 is 1.18 bits per heavy atom. The van der Waals surface area contributed by atoms with Crippen LogP contribution in [0.5, 0.6) is 17.4 Å². The van der Waals surface area contributed by atoms with Gasteiger partial charge in [-0.2, -0.15) is 4.99 Å². The molecular weight excluding hydrogens is 521 g/mol. The van der Waals surface area contributed by atoms with Crippen LogP contribution in [0.1, 0.15) is 24.5 Å². The van der Waals surface area contributed by atoms with Crippen molar-refractivity contribution in [3.63, 3.8) is 0 Å². The summed E-state index contributed by atoms with van der Waals surface area (Å²) < 4.78 is 55.4. The molecule has 0 aliphatic heterocycles. The fraction of sp³-hybridized carbons (Fsp3) is 0.308. The lowest BCUT2D eigenvalue weighted by Crippen LogP contribution is -2.40. The minimum atomic E-state index is -4.90. The van der Waals surface area contributed by atoms with Crippen LogP contribution in [0, 0.1) is 6.92 Å². The number of aliphatic imine (C=N–C) groups is 1. The number of rotatable bonds is 9. The molecule has 0 amide bonds. The van der Waals surface area contributed by atoms with E-state index >= 15 is 0 Å². The Kier molecular flexibility index (Phi) is 9.30. The minimum absolute atomic E-state index is 0.0111. The van der Waals surface area contributed by atoms with Crippen molar-refractivity contribution in [3.05, 3.63) is 80.1 Å². The third kappa shape index (κ3) is 7.57. The number of hydrogen-bond donors (Lipinski definition) is 1. The Morgan fingerprint density at radius 3 is 2.56 bits per heavy atom. The van der Waals surface area contributed by atoms with E-state index in [1.54, 1.807) is 25.1 Å². The van der Waals surface area contributed by atoms with Crippen LogP contribution in [0.4, 0.5) is 19.0 Å². The molecule has 1 N–H and O–H groups in total. The van der Waals surface area contributed by atoms with Gasteiger partial charge < -0.3 is 19.3 Å². The molecule has 13 heteroatoms. The predicted molar refractivity (Wildman–Crippen MR) is 138 cm³/mol. The Hall–Kier alpha value is -4.39. The fourth-order valence-corrected chi connectivity index (χ4v) is 3.57. The number of pyridine rings is 1. The second kappa shape index (κ2) is 12.4. The van der Waals surface area contributed by atoms with Gasteiger partial charge in [-0.1, -0.05) is 6.07 Å². The summed E-state index contributed by atoms with van der Waals surface area (Å²) in [6.07, 6.45) is -1.51. The van der Waals surface area contributed by atoms with Crippen molar-refractivity contribution in [2.75, 3.05) is 13.7 Å². The molecule has 0 atom stereocenters. The van der Waals surface area contributed by atoms with Crippen LogP contribution in [0.15, 0.2) is 62.7 Å². The molecule has 10 nitrogen and oxygen atoms in total. The van der Waals surface area contributed by atoms with Crippen molar-refractivity contribution in [2.45, 2.75) is 33.2 Å². The summed E-state index contributed by atoms with van der Waals surface area (Å²) in [7, 11) is 2.88. The zero-order valence-corrected chi connectivity index (χ0v) is 21.7. The molecule has 0 fully saturated rings. The number of methoxy groups -OCH3 is 1. The molecule has 0 aliphatic rings. The van der Waals surface area contributed by atoms with Crippen LogP contribution in [0.2, 0.25) is 0 Å². The number of nitrogens with zero attached hydrogens (tertiary/aromatic N) is 4. The first-order valence-electron chi connectivity index (χ1n) is 11.7. The van der Waals surface area contributed by atoms with E-state index in [1.165, 1.54) is 39.4 Å². The number of ether oxygens (including phenoxy) is 3. The third-order valence-corrected chi connectivity index (χ3v) is 5.43. The molecule has 0 saturated carbocycles. The summed E-state index contributed by atoms with van der Waals surface area (Å²) in [5.74, 6) is -0.300. The van der Waals surface area contributed by atoms with Crippen molar-refractivity contribution in [1.82, 2.24) is 14.1 Å². The van der Waals surface area contributed by atoms with Gasteiger partial charge in [-0.25, -0.2) is 9.78 Å². The Morgan fingerprint density at radius 2 is 1.90 bits per heavy atom. The minimum Gasteiger partial charge on any atom is -0.481 e. The molecule has 0 bridgehead atoms. The fourth-order valence-electron chi connectivity index (χ4n) is 3.57. The van der Waals surface area contributed by atoms with Crippen LogP contribution in [-0.2, 0) is 13.6 Å². The van der Waals surface area contributed by atoms with Crippen LogP contribution in [0.25, 0.3) is 6.08 Å². The number of aliphatic hydroxyl groups excluding tert-OH is 1. The van der Waals surface area contributed by atoms with Gasteiger partial charge in [0.25, 0.3) is 5.56 Å². The van der Waals surface area contributed by atoms with Crippen LogP contribution >= 0.6 is 0 Å². The second-order valence-corrected chi connectivity index (χ2v) is 8.32. The van der Waals surface area contributed by atoms with Crippen molar-refractivity contribution in [3.8, 4) is 17.4 Å². The predicted octanol–water partition coefficient (Wildman–Crippen LogP) is 3.75. The first-order chi connectivity index (χ1) is 18.4. The van der Waals surface area contributed by atoms with Gasteiger partial charge in [0, 0.05) is 44.1 Å². The summed E-state index contributed by atoms with van der Waals surface area (Å²) in [6, 6.07) is 8.19. The van der Waals surface area contributed by atoms with Crippen molar-refractivity contribution < 1.29 is 32.5 Å². The van der Waals surface area contributed by atoms with Crippen LogP contribution in [0.3, 0.4) is 0 Å². The highest BCUT2D eigenvalue weighted by Gasteiger charge is 2.31. The van der Waals surface area contributed by atoms with E-state index in [9.17, 15) is 22.8 Å². The zero-order valence-electron chi connectivity index (χ0n) is 21.7. The topological polar surface area (TPSA) is 117 Å². The lowest BCUT2D eigenvalue weighted by molar-refractivity contribution is -0.274. The molecule has 2 aromatic heterocycles. The van der Waals surface area contributed by atoms with Gasteiger partial charge in [0.05, 0.1) is 12.7 Å². The molecule has 208 valence electrons. The first-order valence-corrected chi connectivity index (χ1v) is 11.7. The molecule has 39 heavy (non-hydrogen) atoms. The number of benzene rings is 1. The molecule has 0 saturated heterocycles. The number of hydrogen-bond acceptors (Lipinski definition) is 8. The Labute approximate surface area is 221 Å². The Bertz CT molecular complexity index is 1470. The van der Waals surface area contributed by atoms with Crippen molar-refractivity contribution in [2.24, 2.45) is 12.0 Å². The number of halogens is 3. The van der Waals surface area contributed by atoms with E-state index in [-0.39, 0.29) is 42.6 Å². The number of aromatic nitrogens is 3. The van der Waals surface area contributed by atoms with Gasteiger partial charge in [0.2, 0.25) is 11.8 Å². The van der Waals surface area contributed by atoms with Crippen molar-refractivity contribution in [1.29, 1.82) is 0 Å². The number of aliphatic hydroxyl groups is 1. The first kappa shape index (κ1) is 29.2. The van der Waals surface area contributed by atoms with Gasteiger partial charge in [-0.15, -0.1) is 13.2 Å². The molecule has 3 aromatic rings. The van der Waals surface area contributed by atoms with Gasteiger partial charge >= 0.3 is 12.1 Å². The lowest BCUT2D eigenvalue weighted by atomic mass is 10.1. The van der Waals surface area contributed by atoms with E-state index in [4.69, 9.17) is 14.6 Å². The van der Waals surface area contributed by atoms with E-state index in [0.29, 0.717) is 17.0 Å². The maximum atomic E-state index is 12.9. The maximum Gasteiger partial charge on any atom is 0.573 e. The highest BCUT2D eigenvalue weighted by molar-refractivity contribution is 6.00. The Balaban J connectivity index is 2.16. The van der Waals surface area contributed by atoms with Gasteiger partial charge in [0.1, 0.15) is 17.3 Å². The summed E-state index contributed by atoms with van der Waals surface area (Å²) >= 11 is 0. The summed E-state index contributed by atoms with van der Waals surface area (Å²) in [5, 5.41) is 9.11. The standard InChI is InChI=1S/C26H27F3N4O6/c1-16(13-18-9-10-30-21(14-18)37-4)23(38-19-7-5-8-20(15-19)39-26(27,28)29)31-22-17(2)24(35)33(11-6-12-34)25(36)32(22)3/h5,7-10,13-15,34H,6,11-12H2,1-4H3/b16-13-,31-23?. The molecule has 0 spiro atoms. The molecule has 3 rings (SSSR count). The van der Waals surface area contributed by atoms with Gasteiger partial charge in [-0.05, 0) is 50.1 Å². The quantitative estimate of drug-likeness (QED) is 0.320. The molecule has 0 aliphatic carbocycles. The van der Waals surface area contributed by atoms with E-state index in [0.717, 1.165) is 21.3 Å². The largest absolute Gasteiger partial charge is 0.573 e. The maximum absolute atomic E-state index is 12.9. The van der Waals surface area contributed by atoms with E-state index < -0.39 is 23.4 Å². The van der Waals surface area contributed by atoms with Crippen LogP contribution in [-0.4, -0.2) is 45.2 Å². The summed E-state index contributed by atoms with van der Waals surface area (Å²) in [5.41, 5.74) is -0.0656. The number of alkyl halides is 3. The average molecular weight is 549 g/mol. The highest BCUT2D eigenvalue weighted by atomic mass is 19.4. The molecule has 0 radical (unpaired) electrons. The second-order valence-electron chi connectivity index (χ2n) is 8.32. The van der Waals surface area contributed by atoms with Gasteiger partial charge in [0.15, 0.2) is 0 Å². The van der Waals surface area contributed by atoms with Crippen molar-refractivity contribution >= 4 is 17.8 Å². The van der Waals surface area contributed by atoms with E-state index in [2.05, 4.69) is 14.7 Å². The zero-order chi connectivity index (χ0) is 28.7. The lowest BCUT2D eigenvalue weighted by Gasteiger charge is -2.15. The van der Waals surface area contributed by atoms with E-state index in [1.807, 2.05) is 0 Å². The smallest absolute Gasteiger partial charge is 0.481 e. The third-order valence-electron chi connectivity index (χ3n) is 5.43. The summed E-state index contributed by atoms with van der Waals surface area (Å²) in [4.78, 5) is 34.3. The molecule has 1 aromatic carbocycles. The monoisotopic (exact) mass is 548 g/mol. The van der Waals surface area contributed by atoms with Crippen LogP contribution < -0.4 is 25.5 Å². The molecular formula is C26H27F3N4O6. The molecule has 2 heterocycles. The SMILES string of the molecule is COc1cc(/C=C(/C)C(=Nc2c(C)c(=O)n(CCCO)c(=O)n2C)Oc2cccc(OC(F)(F)F)c2)ccn1. The highest BCUT2D eigenvalue weighted by Crippen LogP contribution is 2.27. The normalized spacial score (nSPS) is 12.4. The summed E-state index contributed by atoms with van der Waals surface area (Å²) in [6.45, 7) is 2.94. The molecule has 0 unspecified atom stereocenters. The average Bonchev–Trinajstić information content (AvgIpc) is 2.88. The van der Waals surface area contributed by atoms with Gasteiger partial charge in [-0.3, -0.25) is 13.9 Å².